The molecule has 0 aliphatic heterocycles. The van der Waals surface area contributed by atoms with E-state index in [2.05, 4.69) is 11.9 Å². The van der Waals surface area contributed by atoms with E-state index < -0.39 is 0 Å². The van der Waals surface area contributed by atoms with E-state index in [1.807, 2.05) is 6.92 Å². The highest BCUT2D eigenvalue weighted by Gasteiger charge is 2.11. The number of hydrogen-bond donors (Lipinski definition) is 2. The Morgan fingerprint density at radius 3 is 3.00 bits per heavy atom. The molecular weight excluding hydrogens is 264 g/mol. The molecule has 0 heterocycles. The molecule has 104 valence electrons. The molecule has 1 aromatic rings. The summed E-state index contributed by atoms with van der Waals surface area (Å²) >= 11 is 6.12. The lowest BCUT2D eigenvalue weighted by Gasteiger charge is -2.14. The van der Waals surface area contributed by atoms with Crippen molar-refractivity contribution >= 4 is 17.5 Å². The van der Waals surface area contributed by atoms with E-state index in [4.69, 9.17) is 22.1 Å². The van der Waals surface area contributed by atoms with Crippen molar-refractivity contribution in [3.63, 3.8) is 0 Å². The predicted molar refractivity (Wildman–Crippen MR) is 77.5 cm³/mol. The van der Waals surface area contributed by atoms with Gasteiger partial charge in [-0.15, -0.1) is 6.58 Å². The summed E-state index contributed by atoms with van der Waals surface area (Å²) in [7, 11) is 0. The van der Waals surface area contributed by atoms with Crippen LogP contribution in [0.25, 0.3) is 0 Å². The van der Waals surface area contributed by atoms with Crippen molar-refractivity contribution in [3.8, 4) is 5.75 Å². The number of carbonyl (C=O) groups excluding carboxylic acids is 1. The van der Waals surface area contributed by atoms with Crippen molar-refractivity contribution in [2.45, 2.75) is 19.4 Å². The zero-order valence-corrected chi connectivity index (χ0v) is 11.7. The lowest BCUT2D eigenvalue weighted by atomic mass is 10.1. The van der Waals surface area contributed by atoms with Gasteiger partial charge >= 0.3 is 0 Å². The lowest BCUT2D eigenvalue weighted by molar-refractivity contribution is -0.122. The third-order valence-electron chi connectivity index (χ3n) is 2.40. The minimum absolute atomic E-state index is 0.0307. The normalized spacial score (nSPS) is 11.7. The number of carbonyl (C=O) groups is 1. The molecule has 1 atom stereocenters. The quantitative estimate of drug-likeness (QED) is 0.751. The van der Waals surface area contributed by atoms with Gasteiger partial charge in [0.25, 0.3) is 5.91 Å². The van der Waals surface area contributed by atoms with E-state index in [0.717, 1.165) is 5.56 Å². The Labute approximate surface area is 118 Å². The van der Waals surface area contributed by atoms with Gasteiger partial charge in [0.2, 0.25) is 0 Å². The van der Waals surface area contributed by atoms with E-state index in [0.29, 0.717) is 23.7 Å². The molecule has 3 N–H and O–H groups in total. The highest BCUT2D eigenvalue weighted by molar-refractivity contribution is 6.31. The van der Waals surface area contributed by atoms with Gasteiger partial charge in [-0.05, 0) is 25.5 Å². The molecule has 4 nitrogen and oxygen atoms in total. The molecule has 1 amide bonds. The summed E-state index contributed by atoms with van der Waals surface area (Å²) in [5.74, 6) is 0.394. The molecule has 0 fully saturated rings. The topological polar surface area (TPSA) is 64.3 Å². The maximum atomic E-state index is 11.5. The molecule has 0 spiro atoms. The van der Waals surface area contributed by atoms with E-state index in [1.165, 1.54) is 0 Å². The van der Waals surface area contributed by atoms with Gasteiger partial charge in [0.05, 0.1) is 0 Å². The van der Waals surface area contributed by atoms with Gasteiger partial charge in [-0.3, -0.25) is 4.79 Å². The van der Waals surface area contributed by atoms with Crippen molar-refractivity contribution in [2.24, 2.45) is 5.73 Å². The molecule has 0 bridgehead atoms. The predicted octanol–water partition coefficient (Wildman–Crippen LogP) is 1.91. The second-order valence-corrected chi connectivity index (χ2v) is 4.69. The third-order valence-corrected chi connectivity index (χ3v) is 2.76. The highest BCUT2D eigenvalue weighted by Crippen LogP contribution is 2.27. The lowest BCUT2D eigenvalue weighted by Crippen LogP contribution is -2.29. The van der Waals surface area contributed by atoms with Crippen LogP contribution >= 0.6 is 11.6 Å². The van der Waals surface area contributed by atoms with E-state index in [-0.39, 0.29) is 18.6 Å². The molecular formula is C14H19ClN2O2. The summed E-state index contributed by atoms with van der Waals surface area (Å²) in [4.78, 5) is 11.5. The Morgan fingerprint density at radius 1 is 1.63 bits per heavy atom. The molecule has 5 heteroatoms. The second-order valence-electron chi connectivity index (χ2n) is 4.28. The fourth-order valence-electron chi connectivity index (χ4n) is 1.57. The summed E-state index contributed by atoms with van der Waals surface area (Å²) in [6.45, 7) is 5.78. The van der Waals surface area contributed by atoms with E-state index in [9.17, 15) is 4.79 Å². The molecule has 0 aliphatic rings. The smallest absolute Gasteiger partial charge is 0.258 e. The maximum absolute atomic E-state index is 11.5. The molecule has 1 aromatic carbocycles. The molecule has 0 radical (unpaired) electrons. The SMILES string of the molecule is C=CCNC(=O)COc1cccc(Cl)c1CC(C)N. The molecule has 0 saturated carbocycles. The first-order valence-corrected chi connectivity index (χ1v) is 6.45. The molecule has 19 heavy (non-hydrogen) atoms. The van der Waals surface area contributed by atoms with Gasteiger partial charge < -0.3 is 15.8 Å². The first-order valence-electron chi connectivity index (χ1n) is 6.08. The molecule has 1 rings (SSSR count). The highest BCUT2D eigenvalue weighted by atomic mass is 35.5. The molecule has 0 saturated heterocycles. The Kier molecular flexibility index (Phi) is 6.39. The van der Waals surface area contributed by atoms with Gasteiger partial charge in [0.15, 0.2) is 6.61 Å². The summed E-state index contributed by atoms with van der Waals surface area (Å²) < 4.78 is 5.49. The summed E-state index contributed by atoms with van der Waals surface area (Å²) in [5, 5.41) is 3.24. The van der Waals surface area contributed by atoms with Crippen LogP contribution in [-0.4, -0.2) is 25.1 Å². The fourth-order valence-corrected chi connectivity index (χ4v) is 1.82. The summed E-state index contributed by atoms with van der Waals surface area (Å²) in [6, 6.07) is 5.31. The first-order chi connectivity index (χ1) is 9.04. The van der Waals surface area contributed by atoms with Gasteiger partial charge in [-0.2, -0.15) is 0 Å². The third kappa shape index (κ3) is 5.32. The average Bonchev–Trinajstić information content (AvgIpc) is 2.36. The van der Waals surface area contributed by atoms with Crippen molar-refractivity contribution in [2.75, 3.05) is 13.2 Å². The number of amides is 1. The largest absolute Gasteiger partial charge is 0.483 e. The van der Waals surface area contributed by atoms with Gasteiger partial charge in [-0.25, -0.2) is 0 Å². The number of benzene rings is 1. The van der Waals surface area contributed by atoms with Crippen LogP contribution in [0, 0.1) is 0 Å². The number of nitrogens with two attached hydrogens (primary N) is 1. The van der Waals surface area contributed by atoms with Crippen LogP contribution in [0.1, 0.15) is 12.5 Å². The maximum Gasteiger partial charge on any atom is 0.258 e. The van der Waals surface area contributed by atoms with Gasteiger partial charge in [0.1, 0.15) is 5.75 Å². The second kappa shape index (κ2) is 7.81. The minimum atomic E-state index is -0.202. The number of hydrogen-bond acceptors (Lipinski definition) is 3. The number of ether oxygens (including phenoxy) is 1. The van der Waals surface area contributed by atoms with Crippen molar-refractivity contribution < 1.29 is 9.53 Å². The Balaban J connectivity index is 2.69. The average molecular weight is 283 g/mol. The van der Waals surface area contributed by atoms with Crippen LogP contribution in [0.15, 0.2) is 30.9 Å². The van der Waals surface area contributed by atoms with Crippen LogP contribution in [0.3, 0.4) is 0 Å². The van der Waals surface area contributed by atoms with E-state index >= 15 is 0 Å². The summed E-state index contributed by atoms with van der Waals surface area (Å²) in [6.07, 6.45) is 2.21. The van der Waals surface area contributed by atoms with Crippen LogP contribution < -0.4 is 15.8 Å². The van der Waals surface area contributed by atoms with Crippen LogP contribution in [0.5, 0.6) is 5.75 Å². The molecule has 1 unspecified atom stereocenters. The van der Waals surface area contributed by atoms with Crippen LogP contribution in [0.2, 0.25) is 5.02 Å². The van der Waals surface area contributed by atoms with Crippen LogP contribution in [-0.2, 0) is 11.2 Å². The monoisotopic (exact) mass is 282 g/mol. The van der Waals surface area contributed by atoms with Gasteiger partial charge in [0, 0.05) is 23.2 Å². The van der Waals surface area contributed by atoms with Crippen molar-refractivity contribution in [1.82, 2.24) is 5.32 Å². The Hall–Kier alpha value is -1.52. The Morgan fingerprint density at radius 2 is 2.37 bits per heavy atom. The molecule has 0 aliphatic carbocycles. The fraction of sp³-hybridized carbons (Fsp3) is 0.357. The molecule has 0 aromatic heterocycles. The zero-order valence-electron chi connectivity index (χ0n) is 11.0. The first kappa shape index (κ1) is 15.5. The Bertz CT molecular complexity index is 447. The standard InChI is InChI=1S/C14H19ClN2O2/c1-3-7-17-14(18)9-19-13-6-4-5-12(15)11(13)8-10(2)16/h3-6,10H,1,7-9,16H2,2H3,(H,17,18). The van der Waals surface area contributed by atoms with Crippen molar-refractivity contribution in [3.05, 3.63) is 41.4 Å². The van der Waals surface area contributed by atoms with Crippen molar-refractivity contribution in [1.29, 1.82) is 0 Å². The number of rotatable bonds is 7. The number of nitrogens with one attached hydrogen (secondary N) is 1. The minimum Gasteiger partial charge on any atom is -0.483 e. The number of halogens is 1. The van der Waals surface area contributed by atoms with Crippen LogP contribution in [0.4, 0.5) is 0 Å². The van der Waals surface area contributed by atoms with E-state index in [1.54, 1.807) is 24.3 Å². The summed E-state index contributed by atoms with van der Waals surface area (Å²) in [5.41, 5.74) is 6.61. The zero-order chi connectivity index (χ0) is 14.3. The van der Waals surface area contributed by atoms with Gasteiger partial charge in [-0.1, -0.05) is 23.7 Å².